The van der Waals surface area contributed by atoms with E-state index < -0.39 is 0 Å². The third-order valence-corrected chi connectivity index (χ3v) is 3.60. The second-order valence-electron chi connectivity index (χ2n) is 5.40. The van der Waals surface area contributed by atoms with Crippen LogP contribution < -0.4 is 5.32 Å². The van der Waals surface area contributed by atoms with Crippen LogP contribution in [0.3, 0.4) is 0 Å². The molecule has 1 fully saturated rings. The number of aromatic nitrogens is 1. The molecule has 0 amide bonds. The van der Waals surface area contributed by atoms with Gasteiger partial charge in [0.05, 0.1) is 5.69 Å². The summed E-state index contributed by atoms with van der Waals surface area (Å²) in [5.74, 6) is 0.812. The molecular formula is C14H24N4. The molecular weight excluding hydrogens is 224 g/mol. The lowest BCUT2D eigenvalue weighted by Crippen LogP contribution is -2.27. The molecule has 1 saturated heterocycles. The maximum atomic E-state index is 4.42. The number of hydrogen-bond acceptors (Lipinski definition) is 4. The van der Waals surface area contributed by atoms with Crippen molar-refractivity contribution in [2.75, 3.05) is 46.1 Å². The number of hydrogen-bond donors (Lipinski definition) is 1. The molecule has 1 unspecified atom stereocenters. The van der Waals surface area contributed by atoms with E-state index in [1.54, 1.807) is 0 Å². The summed E-state index contributed by atoms with van der Waals surface area (Å²) in [7, 11) is 6.33. The molecule has 100 valence electrons. The first-order chi connectivity index (χ1) is 8.67. The Kier molecular flexibility index (Phi) is 4.55. The largest absolute Gasteiger partial charge is 0.388 e. The van der Waals surface area contributed by atoms with Crippen LogP contribution in [0, 0.1) is 5.92 Å². The van der Waals surface area contributed by atoms with Crippen LogP contribution in [0.4, 0.5) is 5.69 Å². The van der Waals surface area contributed by atoms with E-state index >= 15 is 0 Å². The minimum Gasteiger partial charge on any atom is -0.388 e. The van der Waals surface area contributed by atoms with Crippen LogP contribution in [0.25, 0.3) is 0 Å². The van der Waals surface area contributed by atoms with Gasteiger partial charge >= 0.3 is 0 Å². The summed E-state index contributed by atoms with van der Waals surface area (Å²) in [6, 6.07) is 4.12. The fourth-order valence-corrected chi connectivity index (χ4v) is 2.68. The average molecular weight is 248 g/mol. The summed E-state index contributed by atoms with van der Waals surface area (Å²) in [5, 5.41) is 3.15. The molecule has 0 saturated carbocycles. The molecule has 18 heavy (non-hydrogen) atoms. The Morgan fingerprint density at radius 2 is 2.39 bits per heavy atom. The van der Waals surface area contributed by atoms with Gasteiger partial charge in [0, 0.05) is 38.6 Å². The average Bonchev–Trinajstić information content (AvgIpc) is 2.74. The zero-order chi connectivity index (χ0) is 13.0. The van der Waals surface area contributed by atoms with Gasteiger partial charge in [0.2, 0.25) is 0 Å². The Morgan fingerprint density at radius 1 is 1.56 bits per heavy atom. The molecule has 1 aliphatic heterocycles. The molecule has 0 aromatic carbocycles. The highest BCUT2D eigenvalue weighted by atomic mass is 15.2. The minimum atomic E-state index is 0.812. The molecule has 0 spiro atoms. The summed E-state index contributed by atoms with van der Waals surface area (Å²) in [4.78, 5) is 9.22. The predicted molar refractivity (Wildman–Crippen MR) is 75.7 cm³/mol. The third-order valence-electron chi connectivity index (χ3n) is 3.60. The van der Waals surface area contributed by atoms with Gasteiger partial charge in [0.25, 0.3) is 0 Å². The Balaban J connectivity index is 1.84. The van der Waals surface area contributed by atoms with Gasteiger partial charge in [-0.25, -0.2) is 0 Å². The Morgan fingerprint density at radius 3 is 3.06 bits per heavy atom. The molecule has 2 heterocycles. The number of nitrogens with zero attached hydrogens (tertiary/aromatic N) is 3. The molecule has 4 heteroatoms. The van der Waals surface area contributed by atoms with Crippen molar-refractivity contribution in [2.45, 2.75) is 13.0 Å². The number of nitrogens with one attached hydrogen (secondary N) is 1. The van der Waals surface area contributed by atoms with Gasteiger partial charge in [0.1, 0.15) is 0 Å². The Labute approximate surface area is 110 Å². The molecule has 1 aliphatic rings. The van der Waals surface area contributed by atoms with Crippen LogP contribution in [-0.4, -0.2) is 55.6 Å². The van der Waals surface area contributed by atoms with Crippen LogP contribution in [0.1, 0.15) is 12.1 Å². The van der Waals surface area contributed by atoms with E-state index in [-0.39, 0.29) is 0 Å². The molecule has 1 N–H and O–H groups in total. The summed E-state index contributed by atoms with van der Waals surface area (Å²) in [6.45, 7) is 4.56. The van der Waals surface area contributed by atoms with Crippen molar-refractivity contribution in [3.8, 4) is 0 Å². The molecule has 4 nitrogen and oxygen atoms in total. The molecule has 2 rings (SSSR count). The molecule has 1 aromatic rings. The second kappa shape index (κ2) is 6.16. The Bertz CT molecular complexity index is 380. The molecule has 1 aromatic heterocycles. The number of pyridine rings is 1. The quantitative estimate of drug-likeness (QED) is 0.856. The zero-order valence-corrected chi connectivity index (χ0v) is 11.7. The van der Waals surface area contributed by atoms with Crippen LogP contribution in [-0.2, 0) is 6.54 Å². The van der Waals surface area contributed by atoms with Crippen LogP contribution in [0.2, 0.25) is 0 Å². The van der Waals surface area contributed by atoms with E-state index in [1.165, 1.54) is 19.5 Å². The van der Waals surface area contributed by atoms with Gasteiger partial charge in [0.15, 0.2) is 0 Å². The fourth-order valence-electron chi connectivity index (χ4n) is 2.68. The summed E-state index contributed by atoms with van der Waals surface area (Å²) in [5.41, 5.74) is 2.27. The number of anilines is 1. The Hall–Kier alpha value is -1.13. The standard InChI is InChI=1S/C14H24N4/c1-15-13-4-6-16-14(8-13)11-18(3)10-12-5-7-17(2)9-12/h4,6,8,12H,5,7,9-11H2,1-3H3,(H,15,16). The first kappa shape index (κ1) is 13.3. The van der Waals surface area contributed by atoms with Crippen molar-refractivity contribution in [3.63, 3.8) is 0 Å². The fraction of sp³-hybridized carbons (Fsp3) is 0.643. The molecule has 1 atom stereocenters. The van der Waals surface area contributed by atoms with Gasteiger partial charge in [-0.2, -0.15) is 0 Å². The topological polar surface area (TPSA) is 31.4 Å². The van der Waals surface area contributed by atoms with E-state index in [9.17, 15) is 0 Å². The second-order valence-corrected chi connectivity index (χ2v) is 5.40. The lowest BCUT2D eigenvalue weighted by Gasteiger charge is -2.20. The van der Waals surface area contributed by atoms with Crippen molar-refractivity contribution >= 4 is 5.69 Å². The predicted octanol–water partition coefficient (Wildman–Crippen LogP) is 1.51. The highest BCUT2D eigenvalue weighted by molar-refractivity contribution is 5.42. The lowest BCUT2D eigenvalue weighted by molar-refractivity contribution is 0.265. The maximum Gasteiger partial charge on any atom is 0.0564 e. The highest BCUT2D eigenvalue weighted by Gasteiger charge is 2.20. The van der Waals surface area contributed by atoms with E-state index in [2.05, 4.69) is 40.3 Å². The molecule has 0 radical (unpaired) electrons. The highest BCUT2D eigenvalue weighted by Crippen LogP contribution is 2.16. The van der Waals surface area contributed by atoms with Gasteiger partial charge in [-0.15, -0.1) is 0 Å². The van der Waals surface area contributed by atoms with E-state index in [4.69, 9.17) is 0 Å². The van der Waals surface area contributed by atoms with Crippen molar-refractivity contribution in [1.82, 2.24) is 14.8 Å². The SMILES string of the molecule is CNc1ccnc(CN(C)CC2CCN(C)C2)c1. The normalized spacial score (nSPS) is 20.6. The number of rotatable bonds is 5. The molecule has 0 bridgehead atoms. The van der Waals surface area contributed by atoms with Crippen molar-refractivity contribution in [1.29, 1.82) is 0 Å². The minimum absolute atomic E-state index is 0.812. The van der Waals surface area contributed by atoms with Crippen molar-refractivity contribution in [2.24, 2.45) is 5.92 Å². The van der Waals surface area contributed by atoms with Gasteiger partial charge in [-0.1, -0.05) is 0 Å². The third kappa shape index (κ3) is 3.68. The smallest absolute Gasteiger partial charge is 0.0564 e. The zero-order valence-electron chi connectivity index (χ0n) is 11.7. The van der Waals surface area contributed by atoms with E-state index in [0.717, 1.165) is 30.4 Å². The van der Waals surface area contributed by atoms with E-state index in [1.807, 2.05) is 19.3 Å². The van der Waals surface area contributed by atoms with Gasteiger partial charge < -0.3 is 15.1 Å². The first-order valence-corrected chi connectivity index (χ1v) is 6.67. The number of likely N-dealkylation sites (tertiary alicyclic amines) is 1. The van der Waals surface area contributed by atoms with Crippen molar-refractivity contribution < 1.29 is 0 Å². The van der Waals surface area contributed by atoms with Crippen LogP contribution in [0.5, 0.6) is 0 Å². The van der Waals surface area contributed by atoms with Crippen LogP contribution >= 0.6 is 0 Å². The monoisotopic (exact) mass is 248 g/mol. The van der Waals surface area contributed by atoms with Crippen molar-refractivity contribution in [3.05, 3.63) is 24.0 Å². The molecule has 0 aliphatic carbocycles. The summed E-state index contributed by atoms with van der Waals surface area (Å²) >= 11 is 0. The van der Waals surface area contributed by atoms with E-state index in [0.29, 0.717) is 0 Å². The maximum absolute atomic E-state index is 4.42. The summed E-state index contributed by atoms with van der Waals surface area (Å²) < 4.78 is 0. The van der Waals surface area contributed by atoms with Crippen LogP contribution in [0.15, 0.2) is 18.3 Å². The van der Waals surface area contributed by atoms with Gasteiger partial charge in [-0.3, -0.25) is 4.98 Å². The first-order valence-electron chi connectivity index (χ1n) is 6.67. The lowest BCUT2D eigenvalue weighted by atomic mass is 10.1. The summed E-state index contributed by atoms with van der Waals surface area (Å²) in [6.07, 6.45) is 3.20. The van der Waals surface area contributed by atoms with Gasteiger partial charge in [-0.05, 0) is 45.1 Å².